The van der Waals surface area contributed by atoms with Crippen molar-refractivity contribution >= 4 is 0 Å². The zero-order valence-corrected chi connectivity index (χ0v) is 10.8. The van der Waals surface area contributed by atoms with Gasteiger partial charge in [-0.1, -0.05) is 26.0 Å². The molecular formula is C14H22FNO. The normalized spacial score (nSPS) is 15.0. The fraction of sp³-hybridized carbons (Fsp3) is 0.571. The minimum atomic E-state index is -0.686. The average molecular weight is 239 g/mol. The lowest BCUT2D eigenvalue weighted by Gasteiger charge is -2.20. The van der Waals surface area contributed by atoms with Crippen molar-refractivity contribution in [3.63, 3.8) is 0 Å². The minimum absolute atomic E-state index is 0.332. The summed E-state index contributed by atoms with van der Waals surface area (Å²) in [4.78, 5) is 0. The summed E-state index contributed by atoms with van der Waals surface area (Å²) in [5, 5.41) is 9.92. The van der Waals surface area contributed by atoms with Crippen LogP contribution in [0.15, 0.2) is 18.2 Å². The third-order valence-corrected chi connectivity index (χ3v) is 2.97. The van der Waals surface area contributed by atoms with Gasteiger partial charge in [-0.15, -0.1) is 0 Å². The van der Waals surface area contributed by atoms with Gasteiger partial charge in [-0.2, -0.15) is 0 Å². The Labute approximate surface area is 103 Å². The van der Waals surface area contributed by atoms with Crippen LogP contribution in [0.2, 0.25) is 0 Å². The van der Waals surface area contributed by atoms with E-state index in [1.54, 1.807) is 6.07 Å². The van der Waals surface area contributed by atoms with Crippen molar-refractivity contribution < 1.29 is 9.50 Å². The Hall–Kier alpha value is -0.930. The quantitative estimate of drug-likeness (QED) is 0.830. The van der Waals surface area contributed by atoms with E-state index in [1.165, 1.54) is 6.07 Å². The molecule has 0 heterocycles. The highest BCUT2D eigenvalue weighted by Crippen LogP contribution is 2.22. The number of aliphatic hydroxyl groups is 1. The molecule has 0 aliphatic carbocycles. The number of hydrogen-bond acceptors (Lipinski definition) is 2. The third-order valence-electron chi connectivity index (χ3n) is 2.97. The molecule has 0 aliphatic heterocycles. The molecule has 0 radical (unpaired) electrons. The minimum Gasteiger partial charge on any atom is -0.391 e. The SMILES string of the molecule is Cc1ccc([C@@H](N)[C@@H](O)CCC(C)C)c(F)c1. The van der Waals surface area contributed by atoms with Gasteiger partial charge in [-0.3, -0.25) is 0 Å². The summed E-state index contributed by atoms with van der Waals surface area (Å²) >= 11 is 0. The Bertz CT molecular complexity index is 365. The maximum atomic E-state index is 13.7. The van der Waals surface area contributed by atoms with Gasteiger partial charge in [-0.25, -0.2) is 4.39 Å². The van der Waals surface area contributed by atoms with Crippen LogP contribution < -0.4 is 5.73 Å². The molecule has 0 saturated carbocycles. The van der Waals surface area contributed by atoms with E-state index in [0.717, 1.165) is 12.0 Å². The lowest BCUT2D eigenvalue weighted by atomic mass is 9.95. The monoisotopic (exact) mass is 239 g/mol. The van der Waals surface area contributed by atoms with Crippen molar-refractivity contribution in [2.45, 2.75) is 45.8 Å². The van der Waals surface area contributed by atoms with Gasteiger partial charge in [0.25, 0.3) is 0 Å². The van der Waals surface area contributed by atoms with Gasteiger partial charge in [0.15, 0.2) is 0 Å². The second kappa shape index (κ2) is 6.12. The fourth-order valence-electron chi connectivity index (χ4n) is 1.79. The predicted octanol–water partition coefficient (Wildman–Crippen LogP) is 2.93. The first-order valence-corrected chi connectivity index (χ1v) is 6.11. The molecule has 0 aliphatic rings. The first-order valence-electron chi connectivity index (χ1n) is 6.11. The Kier molecular flexibility index (Phi) is 5.09. The van der Waals surface area contributed by atoms with Crippen LogP contribution in [-0.2, 0) is 0 Å². The highest BCUT2D eigenvalue weighted by atomic mass is 19.1. The summed E-state index contributed by atoms with van der Waals surface area (Å²) in [6, 6.07) is 4.28. The van der Waals surface area contributed by atoms with Crippen LogP contribution >= 0.6 is 0 Å². The molecule has 3 heteroatoms. The summed E-state index contributed by atoms with van der Waals surface area (Å²) < 4.78 is 13.7. The van der Waals surface area contributed by atoms with Crippen LogP contribution in [0.4, 0.5) is 4.39 Å². The van der Waals surface area contributed by atoms with Crippen molar-refractivity contribution in [2.24, 2.45) is 11.7 Å². The molecule has 0 fully saturated rings. The van der Waals surface area contributed by atoms with Crippen molar-refractivity contribution in [3.05, 3.63) is 35.1 Å². The number of benzene rings is 1. The van der Waals surface area contributed by atoms with E-state index in [4.69, 9.17) is 5.73 Å². The predicted molar refractivity (Wildman–Crippen MR) is 68.1 cm³/mol. The molecule has 2 atom stereocenters. The van der Waals surface area contributed by atoms with Crippen molar-refractivity contribution in [3.8, 4) is 0 Å². The van der Waals surface area contributed by atoms with Gasteiger partial charge in [-0.05, 0) is 37.3 Å². The van der Waals surface area contributed by atoms with Gasteiger partial charge in [0.05, 0.1) is 12.1 Å². The summed E-state index contributed by atoms with van der Waals surface area (Å²) in [7, 11) is 0. The van der Waals surface area contributed by atoms with E-state index in [2.05, 4.69) is 13.8 Å². The largest absolute Gasteiger partial charge is 0.391 e. The molecule has 0 amide bonds. The molecular weight excluding hydrogens is 217 g/mol. The third kappa shape index (κ3) is 4.10. The fourth-order valence-corrected chi connectivity index (χ4v) is 1.79. The Morgan fingerprint density at radius 2 is 1.94 bits per heavy atom. The Morgan fingerprint density at radius 1 is 1.29 bits per heavy atom. The van der Waals surface area contributed by atoms with E-state index < -0.39 is 12.1 Å². The summed E-state index contributed by atoms with van der Waals surface area (Å²) in [6.07, 6.45) is 0.809. The van der Waals surface area contributed by atoms with Crippen LogP contribution in [0.25, 0.3) is 0 Å². The summed E-state index contributed by atoms with van der Waals surface area (Å²) in [5.41, 5.74) is 7.14. The molecule has 0 bridgehead atoms. The first-order chi connectivity index (χ1) is 7.91. The molecule has 96 valence electrons. The number of halogens is 1. The van der Waals surface area contributed by atoms with Gasteiger partial charge >= 0.3 is 0 Å². The molecule has 3 N–H and O–H groups in total. The highest BCUT2D eigenvalue weighted by Gasteiger charge is 2.20. The molecule has 1 rings (SSSR count). The van der Waals surface area contributed by atoms with E-state index in [-0.39, 0.29) is 5.82 Å². The summed E-state index contributed by atoms with van der Waals surface area (Å²) in [5.74, 6) is 0.181. The van der Waals surface area contributed by atoms with Crippen molar-refractivity contribution in [1.82, 2.24) is 0 Å². The molecule has 0 unspecified atom stereocenters. The van der Waals surface area contributed by atoms with Gasteiger partial charge < -0.3 is 10.8 Å². The zero-order chi connectivity index (χ0) is 13.0. The number of aryl methyl sites for hydroxylation is 1. The number of nitrogens with two attached hydrogens (primary N) is 1. The molecule has 0 saturated heterocycles. The van der Waals surface area contributed by atoms with E-state index >= 15 is 0 Å². The Morgan fingerprint density at radius 3 is 2.47 bits per heavy atom. The van der Waals surface area contributed by atoms with Crippen LogP contribution in [0.1, 0.15) is 43.9 Å². The molecule has 0 spiro atoms. The van der Waals surface area contributed by atoms with Gasteiger partial charge in [0.2, 0.25) is 0 Å². The lowest BCUT2D eigenvalue weighted by Crippen LogP contribution is -2.27. The maximum absolute atomic E-state index is 13.7. The number of rotatable bonds is 5. The van der Waals surface area contributed by atoms with Crippen LogP contribution in [0.3, 0.4) is 0 Å². The summed E-state index contributed by atoms with van der Waals surface area (Å²) in [6.45, 7) is 6.00. The average Bonchev–Trinajstić information content (AvgIpc) is 2.25. The highest BCUT2D eigenvalue weighted by molar-refractivity contribution is 5.26. The first kappa shape index (κ1) is 14.1. The molecule has 0 aromatic heterocycles. The van der Waals surface area contributed by atoms with Crippen LogP contribution in [-0.4, -0.2) is 11.2 Å². The molecule has 2 nitrogen and oxygen atoms in total. The second-order valence-corrected chi connectivity index (χ2v) is 5.09. The molecule has 1 aromatic rings. The van der Waals surface area contributed by atoms with Gasteiger partial charge in [0, 0.05) is 5.56 Å². The van der Waals surface area contributed by atoms with E-state index in [0.29, 0.717) is 17.9 Å². The zero-order valence-electron chi connectivity index (χ0n) is 10.8. The maximum Gasteiger partial charge on any atom is 0.128 e. The van der Waals surface area contributed by atoms with Crippen molar-refractivity contribution in [1.29, 1.82) is 0 Å². The number of aliphatic hydroxyl groups excluding tert-OH is 1. The Balaban J connectivity index is 2.71. The van der Waals surface area contributed by atoms with Crippen LogP contribution in [0, 0.1) is 18.7 Å². The van der Waals surface area contributed by atoms with Gasteiger partial charge in [0.1, 0.15) is 5.82 Å². The second-order valence-electron chi connectivity index (χ2n) is 5.09. The van der Waals surface area contributed by atoms with E-state index in [9.17, 15) is 9.50 Å². The topological polar surface area (TPSA) is 46.2 Å². The van der Waals surface area contributed by atoms with Crippen molar-refractivity contribution in [2.75, 3.05) is 0 Å². The number of hydrogen-bond donors (Lipinski definition) is 2. The molecule has 1 aromatic carbocycles. The van der Waals surface area contributed by atoms with Crippen LogP contribution in [0.5, 0.6) is 0 Å². The smallest absolute Gasteiger partial charge is 0.128 e. The standard InChI is InChI=1S/C14H22FNO/c1-9(2)4-7-13(17)14(16)11-6-5-10(3)8-12(11)15/h5-6,8-9,13-14,17H,4,7,16H2,1-3H3/t13-,14+/m0/s1. The van der Waals surface area contributed by atoms with E-state index in [1.807, 2.05) is 13.0 Å². The molecule has 17 heavy (non-hydrogen) atoms. The lowest BCUT2D eigenvalue weighted by molar-refractivity contribution is 0.127.